The van der Waals surface area contributed by atoms with E-state index in [2.05, 4.69) is 22.6 Å². The molecular formula is C16H14INO2S. The predicted octanol–water partition coefficient (Wildman–Crippen LogP) is 4.10. The molecule has 0 fully saturated rings. The standard InChI is InChI=1S/C16H14INO2S/c1-11-3-6-13(7-4-11)21(19,20)18-10-15(17)14-8-5-12(2)9-16(14)18/h3-10H,1-2H3. The van der Waals surface area contributed by atoms with Crippen LogP contribution in [0, 0.1) is 17.4 Å². The van der Waals surface area contributed by atoms with E-state index in [-0.39, 0.29) is 0 Å². The van der Waals surface area contributed by atoms with Crippen LogP contribution in [-0.4, -0.2) is 12.4 Å². The van der Waals surface area contributed by atoms with Crippen molar-refractivity contribution in [1.29, 1.82) is 0 Å². The number of hydrogen-bond acceptors (Lipinski definition) is 2. The van der Waals surface area contributed by atoms with Gasteiger partial charge in [-0.15, -0.1) is 0 Å². The number of benzene rings is 2. The van der Waals surface area contributed by atoms with Crippen molar-refractivity contribution in [2.75, 3.05) is 0 Å². The van der Waals surface area contributed by atoms with Crippen molar-refractivity contribution in [3.8, 4) is 0 Å². The quantitative estimate of drug-likeness (QED) is 0.596. The molecule has 0 amide bonds. The van der Waals surface area contributed by atoms with E-state index in [4.69, 9.17) is 0 Å². The first kappa shape index (κ1) is 14.6. The van der Waals surface area contributed by atoms with Crippen molar-refractivity contribution >= 4 is 43.5 Å². The van der Waals surface area contributed by atoms with Gasteiger partial charge in [-0.1, -0.05) is 29.8 Å². The van der Waals surface area contributed by atoms with E-state index in [1.807, 2.05) is 44.2 Å². The SMILES string of the molecule is Cc1ccc(S(=O)(=O)n2cc(I)c3ccc(C)cc32)cc1. The molecule has 0 radical (unpaired) electrons. The average Bonchev–Trinajstić information content (AvgIpc) is 2.76. The third-order valence-corrected chi connectivity index (χ3v) is 6.00. The van der Waals surface area contributed by atoms with Crippen LogP contribution in [0.25, 0.3) is 10.9 Å². The predicted molar refractivity (Wildman–Crippen MR) is 93.2 cm³/mol. The summed E-state index contributed by atoms with van der Waals surface area (Å²) in [7, 11) is -3.57. The van der Waals surface area contributed by atoms with Gasteiger partial charge in [0, 0.05) is 15.2 Å². The van der Waals surface area contributed by atoms with E-state index >= 15 is 0 Å². The van der Waals surface area contributed by atoms with Crippen LogP contribution in [0.15, 0.2) is 53.6 Å². The van der Waals surface area contributed by atoms with Crippen molar-refractivity contribution in [3.05, 3.63) is 63.4 Å². The van der Waals surface area contributed by atoms with Gasteiger partial charge in [-0.2, -0.15) is 0 Å². The Hall–Kier alpha value is -1.34. The summed E-state index contributed by atoms with van der Waals surface area (Å²) in [4.78, 5) is 0.308. The highest BCUT2D eigenvalue weighted by molar-refractivity contribution is 14.1. The first-order valence-electron chi connectivity index (χ1n) is 6.49. The third-order valence-electron chi connectivity index (χ3n) is 3.46. The normalized spacial score (nSPS) is 12.0. The minimum absolute atomic E-state index is 0.308. The number of aromatic nitrogens is 1. The summed E-state index contributed by atoms with van der Waals surface area (Å²) in [6.07, 6.45) is 1.68. The molecule has 0 unspecified atom stereocenters. The lowest BCUT2D eigenvalue weighted by atomic mass is 10.2. The Kier molecular flexibility index (Phi) is 3.57. The molecule has 0 bridgehead atoms. The summed E-state index contributed by atoms with van der Waals surface area (Å²) in [6, 6.07) is 12.8. The average molecular weight is 411 g/mol. The molecule has 1 heterocycles. The molecule has 5 heteroatoms. The molecule has 0 atom stereocenters. The van der Waals surface area contributed by atoms with Crippen molar-refractivity contribution in [1.82, 2.24) is 3.97 Å². The Morgan fingerprint density at radius 1 is 0.952 bits per heavy atom. The Morgan fingerprint density at radius 2 is 1.57 bits per heavy atom. The van der Waals surface area contributed by atoms with E-state index in [0.717, 1.165) is 25.6 Å². The second-order valence-electron chi connectivity index (χ2n) is 5.11. The number of aryl methyl sites for hydroxylation is 2. The minimum atomic E-state index is -3.57. The van der Waals surface area contributed by atoms with Crippen molar-refractivity contribution < 1.29 is 8.42 Å². The second kappa shape index (κ2) is 5.14. The summed E-state index contributed by atoms with van der Waals surface area (Å²) in [5.41, 5.74) is 2.80. The minimum Gasteiger partial charge on any atom is -0.240 e. The molecule has 0 N–H and O–H groups in total. The van der Waals surface area contributed by atoms with Gasteiger partial charge in [0.2, 0.25) is 0 Å². The molecule has 3 nitrogen and oxygen atoms in total. The van der Waals surface area contributed by atoms with Crippen LogP contribution in [0.1, 0.15) is 11.1 Å². The van der Waals surface area contributed by atoms with Gasteiger partial charge in [-0.3, -0.25) is 0 Å². The lowest BCUT2D eigenvalue weighted by molar-refractivity contribution is 0.589. The van der Waals surface area contributed by atoms with Gasteiger partial charge >= 0.3 is 0 Å². The first-order chi connectivity index (χ1) is 9.89. The molecule has 108 valence electrons. The molecule has 0 saturated heterocycles. The van der Waals surface area contributed by atoms with E-state index in [1.165, 1.54) is 3.97 Å². The van der Waals surface area contributed by atoms with Crippen LogP contribution in [0.3, 0.4) is 0 Å². The van der Waals surface area contributed by atoms with Crippen LogP contribution in [0.2, 0.25) is 0 Å². The Balaban J connectivity index is 2.28. The molecule has 2 aromatic carbocycles. The number of rotatable bonds is 2. The molecular weight excluding hydrogens is 397 g/mol. The fraction of sp³-hybridized carbons (Fsp3) is 0.125. The molecule has 3 rings (SSSR count). The summed E-state index contributed by atoms with van der Waals surface area (Å²) in [6.45, 7) is 3.90. The van der Waals surface area contributed by atoms with E-state index in [1.54, 1.807) is 18.3 Å². The van der Waals surface area contributed by atoms with Gasteiger partial charge in [0.15, 0.2) is 0 Å². The van der Waals surface area contributed by atoms with Crippen LogP contribution < -0.4 is 0 Å². The van der Waals surface area contributed by atoms with Crippen molar-refractivity contribution in [2.24, 2.45) is 0 Å². The second-order valence-corrected chi connectivity index (χ2v) is 8.09. The molecule has 21 heavy (non-hydrogen) atoms. The summed E-state index contributed by atoms with van der Waals surface area (Å²) in [5.74, 6) is 0. The van der Waals surface area contributed by atoms with Crippen molar-refractivity contribution in [3.63, 3.8) is 0 Å². The lowest BCUT2D eigenvalue weighted by Gasteiger charge is -2.08. The van der Waals surface area contributed by atoms with E-state index in [9.17, 15) is 8.42 Å². The first-order valence-corrected chi connectivity index (χ1v) is 9.01. The zero-order valence-corrected chi connectivity index (χ0v) is 14.6. The zero-order chi connectivity index (χ0) is 15.2. The number of halogens is 1. The van der Waals surface area contributed by atoms with Gasteiger partial charge in [0.1, 0.15) is 0 Å². The Labute approximate surface area is 137 Å². The highest BCUT2D eigenvalue weighted by atomic mass is 127. The van der Waals surface area contributed by atoms with E-state index < -0.39 is 10.0 Å². The molecule has 3 aromatic rings. The van der Waals surface area contributed by atoms with Crippen LogP contribution in [0.5, 0.6) is 0 Å². The fourth-order valence-corrected chi connectivity index (χ4v) is 4.58. The van der Waals surface area contributed by atoms with Gasteiger partial charge in [-0.05, 0) is 60.2 Å². The highest BCUT2D eigenvalue weighted by Gasteiger charge is 2.20. The molecule has 0 aliphatic heterocycles. The monoisotopic (exact) mass is 411 g/mol. The molecule has 0 spiro atoms. The Morgan fingerprint density at radius 3 is 2.24 bits per heavy atom. The summed E-state index contributed by atoms with van der Waals surface area (Å²) >= 11 is 2.17. The fourth-order valence-electron chi connectivity index (χ4n) is 2.29. The molecule has 1 aromatic heterocycles. The summed E-state index contributed by atoms with van der Waals surface area (Å²) < 4.78 is 28.0. The zero-order valence-electron chi connectivity index (χ0n) is 11.7. The largest absolute Gasteiger partial charge is 0.268 e. The molecule has 0 aliphatic carbocycles. The van der Waals surface area contributed by atoms with Gasteiger partial charge < -0.3 is 0 Å². The van der Waals surface area contributed by atoms with E-state index in [0.29, 0.717) is 4.90 Å². The maximum absolute atomic E-state index is 12.8. The van der Waals surface area contributed by atoms with Gasteiger partial charge in [0.25, 0.3) is 10.0 Å². The van der Waals surface area contributed by atoms with Crippen LogP contribution in [-0.2, 0) is 10.0 Å². The topological polar surface area (TPSA) is 39.1 Å². The van der Waals surface area contributed by atoms with Crippen LogP contribution in [0.4, 0.5) is 0 Å². The maximum atomic E-state index is 12.8. The number of hydrogen-bond donors (Lipinski definition) is 0. The summed E-state index contributed by atoms with van der Waals surface area (Å²) in [5, 5.41) is 0.955. The van der Waals surface area contributed by atoms with Crippen molar-refractivity contribution in [2.45, 2.75) is 18.7 Å². The third kappa shape index (κ3) is 2.48. The van der Waals surface area contributed by atoms with Gasteiger partial charge in [0.05, 0.1) is 10.4 Å². The number of nitrogens with zero attached hydrogens (tertiary/aromatic N) is 1. The number of fused-ring (bicyclic) bond motifs is 1. The smallest absolute Gasteiger partial charge is 0.240 e. The van der Waals surface area contributed by atoms with Gasteiger partial charge in [-0.25, -0.2) is 12.4 Å². The Bertz CT molecular complexity index is 925. The lowest BCUT2D eigenvalue weighted by Crippen LogP contribution is -2.11. The molecule has 0 aliphatic rings. The molecule has 0 saturated carbocycles. The van der Waals surface area contributed by atoms with Crippen LogP contribution >= 0.6 is 22.6 Å². The maximum Gasteiger partial charge on any atom is 0.268 e. The highest BCUT2D eigenvalue weighted by Crippen LogP contribution is 2.27.